The van der Waals surface area contributed by atoms with Crippen molar-refractivity contribution in [3.05, 3.63) is 84.4 Å². The molecule has 0 aliphatic rings. The number of carbonyl (C=O) groups is 1. The van der Waals surface area contributed by atoms with Crippen molar-refractivity contribution in [1.82, 2.24) is 0 Å². The minimum Gasteiger partial charge on any atom is -0.484 e. The Morgan fingerprint density at radius 2 is 1.55 bits per heavy atom. The molecule has 0 bridgehead atoms. The number of hydrogen-bond acceptors (Lipinski definition) is 4. The topological polar surface area (TPSA) is 84.5 Å². The molecule has 3 rings (SSSR count). The largest absolute Gasteiger partial charge is 0.484 e. The van der Waals surface area contributed by atoms with Crippen molar-refractivity contribution in [2.45, 2.75) is 4.90 Å². The van der Waals surface area contributed by atoms with Crippen molar-refractivity contribution in [2.24, 2.45) is 0 Å². The van der Waals surface area contributed by atoms with E-state index in [-0.39, 0.29) is 17.2 Å². The summed E-state index contributed by atoms with van der Waals surface area (Å²) in [4.78, 5) is 11.8. The van der Waals surface area contributed by atoms with Gasteiger partial charge in [0.05, 0.1) is 10.6 Å². The van der Waals surface area contributed by atoms with Crippen LogP contribution in [0.5, 0.6) is 5.75 Å². The minimum atomic E-state index is -3.99. The Labute approximate surface area is 166 Å². The van der Waals surface area contributed by atoms with Crippen molar-refractivity contribution in [3.8, 4) is 5.75 Å². The second-order valence-corrected chi connectivity index (χ2v) is 7.58. The third-order valence-electron chi connectivity index (χ3n) is 3.75. The van der Waals surface area contributed by atoms with Crippen LogP contribution in [0.25, 0.3) is 0 Å². The summed E-state index contributed by atoms with van der Waals surface area (Å²) in [7, 11) is -3.99. The molecule has 1 amide bonds. The van der Waals surface area contributed by atoms with E-state index in [0.29, 0.717) is 11.4 Å². The average Bonchev–Trinajstić information content (AvgIpc) is 2.70. The van der Waals surface area contributed by atoms with Crippen LogP contribution >= 0.6 is 0 Å². The van der Waals surface area contributed by atoms with E-state index in [2.05, 4.69) is 10.0 Å². The molecule has 0 unspecified atom stereocenters. The lowest BCUT2D eigenvalue weighted by atomic mass is 10.3. The maximum absolute atomic E-state index is 13.7. The lowest BCUT2D eigenvalue weighted by Crippen LogP contribution is -2.20. The highest BCUT2D eigenvalue weighted by Gasteiger charge is 2.16. The molecular formula is C20H16F2N2O4S. The van der Waals surface area contributed by atoms with E-state index in [9.17, 15) is 22.0 Å². The number of nitrogens with one attached hydrogen (secondary N) is 2. The summed E-state index contributed by atoms with van der Waals surface area (Å²) in [5, 5.41) is 2.55. The number of anilines is 2. The van der Waals surface area contributed by atoms with Crippen molar-refractivity contribution in [3.63, 3.8) is 0 Å². The molecule has 150 valence electrons. The molecular weight excluding hydrogens is 402 g/mol. The van der Waals surface area contributed by atoms with Gasteiger partial charge in [0, 0.05) is 5.69 Å². The van der Waals surface area contributed by atoms with Crippen LogP contribution in [0.4, 0.5) is 20.2 Å². The molecule has 0 spiro atoms. The summed E-state index contributed by atoms with van der Waals surface area (Å²) >= 11 is 0. The zero-order chi connectivity index (χ0) is 20.9. The first-order valence-corrected chi connectivity index (χ1v) is 9.87. The Balaban J connectivity index is 1.59. The number of amides is 1. The van der Waals surface area contributed by atoms with Gasteiger partial charge in [-0.1, -0.05) is 12.1 Å². The summed E-state index contributed by atoms with van der Waals surface area (Å²) in [5.41, 5.74) is 0.186. The quantitative estimate of drug-likeness (QED) is 0.612. The fourth-order valence-electron chi connectivity index (χ4n) is 2.34. The molecule has 0 aliphatic carbocycles. The molecule has 0 saturated carbocycles. The number of hydrogen-bond donors (Lipinski definition) is 2. The van der Waals surface area contributed by atoms with Gasteiger partial charge in [-0.05, 0) is 60.7 Å². The lowest BCUT2D eigenvalue weighted by Gasteiger charge is -2.10. The summed E-state index contributed by atoms with van der Waals surface area (Å²) < 4.78 is 58.6. The predicted octanol–water partition coefficient (Wildman–Crippen LogP) is 3.78. The van der Waals surface area contributed by atoms with Crippen molar-refractivity contribution >= 4 is 27.3 Å². The molecule has 9 heteroatoms. The number of sulfonamides is 1. The second kappa shape index (κ2) is 8.70. The van der Waals surface area contributed by atoms with Crippen molar-refractivity contribution < 1.29 is 26.7 Å². The van der Waals surface area contributed by atoms with Gasteiger partial charge < -0.3 is 10.1 Å². The van der Waals surface area contributed by atoms with Crippen LogP contribution in [-0.2, 0) is 14.8 Å². The lowest BCUT2D eigenvalue weighted by molar-refractivity contribution is -0.118. The van der Waals surface area contributed by atoms with E-state index in [1.165, 1.54) is 66.7 Å². The van der Waals surface area contributed by atoms with Gasteiger partial charge in [0.25, 0.3) is 15.9 Å². The maximum Gasteiger partial charge on any atom is 0.262 e. The van der Waals surface area contributed by atoms with Gasteiger partial charge in [-0.3, -0.25) is 9.52 Å². The van der Waals surface area contributed by atoms with Crippen LogP contribution in [0.3, 0.4) is 0 Å². The van der Waals surface area contributed by atoms with E-state index in [1.54, 1.807) is 0 Å². The first-order chi connectivity index (χ1) is 13.8. The molecule has 6 nitrogen and oxygen atoms in total. The number of carbonyl (C=O) groups excluding carboxylic acids is 1. The molecule has 0 aliphatic heterocycles. The molecule has 3 aromatic carbocycles. The summed E-state index contributed by atoms with van der Waals surface area (Å²) in [6.07, 6.45) is 0. The SMILES string of the molecule is O=C(COc1ccc(F)cc1)Nc1ccc(S(=O)(=O)Nc2ccccc2F)cc1. The number of para-hydroxylation sites is 1. The zero-order valence-corrected chi connectivity index (χ0v) is 15.7. The fourth-order valence-corrected chi connectivity index (χ4v) is 3.41. The fraction of sp³-hybridized carbons (Fsp3) is 0.0500. The second-order valence-electron chi connectivity index (χ2n) is 5.90. The summed E-state index contributed by atoms with van der Waals surface area (Å²) in [5.74, 6) is -1.25. The normalized spacial score (nSPS) is 11.0. The molecule has 0 aromatic heterocycles. The van der Waals surface area contributed by atoms with Crippen LogP contribution in [0.2, 0.25) is 0 Å². The van der Waals surface area contributed by atoms with Crippen LogP contribution in [0, 0.1) is 11.6 Å². The summed E-state index contributed by atoms with van der Waals surface area (Å²) in [6.45, 7) is -0.305. The molecule has 29 heavy (non-hydrogen) atoms. The highest BCUT2D eigenvalue weighted by Crippen LogP contribution is 2.20. The van der Waals surface area contributed by atoms with Crippen LogP contribution in [-0.4, -0.2) is 20.9 Å². The van der Waals surface area contributed by atoms with Crippen molar-refractivity contribution in [2.75, 3.05) is 16.6 Å². The molecule has 0 saturated heterocycles. The molecule has 0 atom stereocenters. The Bertz CT molecular complexity index is 1100. The zero-order valence-electron chi connectivity index (χ0n) is 14.9. The molecule has 0 heterocycles. The highest BCUT2D eigenvalue weighted by molar-refractivity contribution is 7.92. The van der Waals surface area contributed by atoms with Crippen LogP contribution in [0.1, 0.15) is 0 Å². The van der Waals surface area contributed by atoms with Crippen LogP contribution < -0.4 is 14.8 Å². The molecule has 0 radical (unpaired) electrons. The van der Waals surface area contributed by atoms with E-state index in [1.807, 2.05) is 0 Å². The van der Waals surface area contributed by atoms with E-state index >= 15 is 0 Å². The van der Waals surface area contributed by atoms with Gasteiger partial charge >= 0.3 is 0 Å². The first-order valence-electron chi connectivity index (χ1n) is 8.39. The predicted molar refractivity (Wildman–Crippen MR) is 104 cm³/mol. The van der Waals surface area contributed by atoms with Gasteiger partial charge in [-0.15, -0.1) is 0 Å². The Kier molecular flexibility index (Phi) is 6.08. The average molecular weight is 418 g/mol. The Morgan fingerprint density at radius 3 is 2.21 bits per heavy atom. The third kappa shape index (κ3) is 5.52. The van der Waals surface area contributed by atoms with Crippen LogP contribution in [0.15, 0.2) is 77.7 Å². The summed E-state index contributed by atoms with van der Waals surface area (Å²) in [6, 6.07) is 16.0. The third-order valence-corrected chi connectivity index (χ3v) is 5.13. The number of benzene rings is 3. The van der Waals surface area contributed by atoms with Gasteiger partial charge in [0.15, 0.2) is 6.61 Å². The Morgan fingerprint density at radius 1 is 0.897 bits per heavy atom. The smallest absolute Gasteiger partial charge is 0.262 e. The van der Waals surface area contributed by atoms with E-state index < -0.39 is 27.6 Å². The standard InChI is InChI=1S/C20H16F2N2O4S/c21-14-5-9-16(10-6-14)28-13-20(25)23-15-7-11-17(12-8-15)29(26,27)24-19-4-2-1-3-18(19)22/h1-12,24H,13H2,(H,23,25). The van der Waals surface area contributed by atoms with Gasteiger partial charge in [0.2, 0.25) is 0 Å². The first kappa shape index (κ1) is 20.3. The highest BCUT2D eigenvalue weighted by atomic mass is 32.2. The number of ether oxygens (including phenoxy) is 1. The van der Waals surface area contributed by atoms with Gasteiger partial charge in [-0.25, -0.2) is 17.2 Å². The van der Waals surface area contributed by atoms with E-state index in [4.69, 9.17) is 4.74 Å². The number of rotatable bonds is 7. The molecule has 3 aromatic rings. The number of halogens is 2. The van der Waals surface area contributed by atoms with E-state index in [0.717, 1.165) is 6.07 Å². The maximum atomic E-state index is 13.7. The van der Waals surface area contributed by atoms with Gasteiger partial charge in [-0.2, -0.15) is 0 Å². The molecule has 2 N–H and O–H groups in total. The minimum absolute atomic E-state index is 0.0960. The Hall–Kier alpha value is -3.46. The van der Waals surface area contributed by atoms with Gasteiger partial charge in [0.1, 0.15) is 17.4 Å². The molecule has 0 fully saturated rings. The monoisotopic (exact) mass is 418 g/mol. The van der Waals surface area contributed by atoms with Crippen molar-refractivity contribution in [1.29, 1.82) is 0 Å².